The van der Waals surface area contributed by atoms with Gasteiger partial charge in [0.25, 0.3) is 0 Å². The number of nitrogens with two attached hydrogens (primary N) is 1. The van der Waals surface area contributed by atoms with Crippen molar-refractivity contribution in [3.8, 4) is 0 Å². The highest BCUT2D eigenvalue weighted by molar-refractivity contribution is 7.47. The van der Waals surface area contributed by atoms with Crippen LogP contribution in [0.1, 0.15) is 219 Å². The number of rotatable bonds is 43. The van der Waals surface area contributed by atoms with Crippen LogP contribution in [-0.4, -0.2) is 59.0 Å². The Bertz CT molecular complexity index is 935. The van der Waals surface area contributed by atoms with E-state index in [9.17, 15) is 24.5 Å². The zero-order chi connectivity index (χ0) is 40.5. The predicted octanol–water partition coefficient (Wildman–Crippen LogP) is 11.9. The SMILES string of the molecule is CC/C=C\C/C=C\CCCCCCCCCCCCCCC(O)CC(=O)NC(COP(=O)(O)OCCN)C(O)CCCCCCCCCCCCCCCC. The molecule has 1 amide bonds. The number of phosphoric ester groups is 1. The Labute approximate surface area is 339 Å². The van der Waals surface area contributed by atoms with Gasteiger partial charge in [-0.05, 0) is 38.5 Å². The maximum Gasteiger partial charge on any atom is 0.472 e. The molecule has 326 valence electrons. The van der Waals surface area contributed by atoms with Gasteiger partial charge in [-0.1, -0.05) is 199 Å². The van der Waals surface area contributed by atoms with E-state index >= 15 is 0 Å². The van der Waals surface area contributed by atoms with Crippen LogP contribution in [0.3, 0.4) is 0 Å². The van der Waals surface area contributed by atoms with Crippen molar-refractivity contribution in [1.82, 2.24) is 5.32 Å². The number of carbonyl (C=O) groups is 1. The van der Waals surface area contributed by atoms with E-state index in [1.807, 2.05) is 0 Å². The van der Waals surface area contributed by atoms with Crippen LogP contribution in [0, 0.1) is 0 Å². The predicted molar refractivity (Wildman–Crippen MR) is 232 cm³/mol. The summed E-state index contributed by atoms with van der Waals surface area (Å²) in [6, 6.07) is -0.894. The van der Waals surface area contributed by atoms with Crippen molar-refractivity contribution in [3.63, 3.8) is 0 Å². The molecule has 55 heavy (non-hydrogen) atoms. The van der Waals surface area contributed by atoms with E-state index in [1.54, 1.807) is 0 Å². The van der Waals surface area contributed by atoms with Crippen molar-refractivity contribution in [1.29, 1.82) is 0 Å². The quantitative estimate of drug-likeness (QED) is 0.0232. The normalized spacial score (nSPS) is 14.8. The summed E-state index contributed by atoms with van der Waals surface area (Å²) in [5.74, 6) is -0.413. The third kappa shape index (κ3) is 39.5. The topological polar surface area (TPSA) is 151 Å². The van der Waals surface area contributed by atoms with Crippen LogP contribution in [-0.2, 0) is 18.4 Å². The molecule has 0 rings (SSSR count). The summed E-state index contributed by atoms with van der Waals surface area (Å²) in [5, 5.41) is 24.2. The van der Waals surface area contributed by atoms with Gasteiger partial charge in [0.1, 0.15) is 0 Å². The van der Waals surface area contributed by atoms with Crippen LogP contribution in [0.4, 0.5) is 0 Å². The molecule has 0 aliphatic rings. The van der Waals surface area contributed by atoms with Crippen LogP contribution in [0.2, 0.25) is 0 Å². The molecule has 10 heteroatoms. The first-order chi connectivity index (χ1) is 26.8. The molecular formula is C45H89N2O7P. The van der Waals surface area contributed by atoms with E-state index in [-0.39, 0.29) is 26.2 Å². The maximum absolute atomic E-state index is 12.8. The van der Waals surface area contributed by atoms with Crippen LogP contribution in [0.5, 0.6) is 0 Å². The first kappa shape index (κ1) is 53.9. The number of hydrogen-bond acceptors (Lipinski definition) is 7. The molecule has 0 heterocycles. The molecule has 0 aliphatic carbocycles. The molecule has 9 nitrogen and oxygen atoms in total. The summed E-state index contributed by atoms with van der Waals surface area (Å²) in [4.78, 5) is 22.8. The van der Waals surface area contributed by atoms with Crippen molar-refractivity contribution in [2.75, 3.05) is 19.8 Å². The highest BCUT2D eigenvalue weighted by Gasteiger charge is 2.28. The van der Waals surface area contributed by atoms with Gasteiger partial charge in [0, 0.05) is 6.54 Å². The molecule has 4 atom stereocenters. The second-order valence-corrected chi connectivity index (χ2v) is 17.2. The smallest absolute Gasteiger partial charge is 0.393 e. The van der Waals surface area contributed by atoms with Gasteiger partial charge < -0.3 is 26.2 Å². The number of nitrogens with one attached hydrogen (secondary N) is 1. The molecule has 0 saturated heterocycles. The van der Waals surface area contributed by atoms with E-state index in [4.69, 9.17) is 14.8 Å². The third-order valence-electron chi connectivity index (χ3n) is 10.4. The van der Waals surface area contributed by atoms with Gasteiger partial charge in [-0.2, -0.15) is 0 Å². The molecule has 0 aromatic heterocycles. The minimum atomic E-state index is -4.37. The zero-order valence-electron chi connectivity index (χ0n) is 35.8. The highest BCUT2D eigenvalue weighted by Crippen LogP contribution is 2.43. The van der Waals surface area contributed by atoms with E-state index in [1.165, 1.54) is 135 Å². The fourth-order valence-corrected chi connectivity index (χ4v) is 7.68. The first-order valence-electron chi connectivity index (χ1n) is 23.0. The lowest BCUT2D eigenvalue weighted by atomic mass is 10.0. The van der Waals surface area contributed by atoms with Crippen molar-refractivity contribution in [2.45, 2.75) is 238 Å². The standard InChI is InChI=1S/C45H89N2O7P/c1-3-5-7-9-11-13-15-17-19-20-21-22-23-24-26-28-30-32-34-36-42(48)40-45(50)47-43(41-54-55(51,52)53-39-38-46)44(49)37-35-33-31-29-27-25-18-16-14-12-10-8-6-4-2/h5,7,11,13,42-44,48-49H,3-4,6,8-10,12,14-41,46H2,1-2H3,(H,47,50)(H,51,52)/b7-5-,13-11-. The van der Waals surface area contributed by atoms with Gasteiger partial charge in [-0.25, -0.2) is 4.57 Å². The lowest BCUT2D eigenvalue weighted by Gasteiger charge is -2.25. The lowest BCUT2D eigenvalue weighted by Crippen LogP contribution is -2.47. The number of carbonyl (C=O) groups excluding carboxylic acids is 1. The summed E-state index contributed by atoms with van der Waals surface area (Å²) in [6.45, 7) is 3.96. The van der Waals surface area contributed by atoms with Crippen molar-refractivity contribution < 1.29 is 33.5 Å². The van der Waals surface area contributed by atoms with Crippen molar-refractivity contribution in [2.24, 2.45) is 5.73 Å². The maximum atomic E-state index is 12.8. The fraction of sp³-hybridized carbons (Fsp3) is 0.889. The Morgan fingerprint density at radius 2 is 1.09 bits per heavy atom. The largest absolute Gasteiger partial charge is 0.472 e. The molecule has 0 aromatic rings. The highest BCUT2D eigenvalue weighted by atomic mass is 31.2. The second kappa shape index (κ2) is 41.1. The van der Waals surface area contributed by atoms with Crippen molar-refractivity contribution >= 4 is 13.7 Å². The number of aliphatic hydroxyl groups is 2. The minimum Gasteiger partial charge on any atom is -0.393 e. The number of hydrogen-bond donors (Lipinski definition) is 5. The lowest BCUT2D eigenvalue weighted by molar-refractivity contribution is -0.125. The number of unbranched alkanes of at least 4 members (excludes halogenated alkanes) is 25. The van der Waals surface area contributed by atoms with Gasteiger partial charge in [0.05, 0.1) is 37.9 Å². The molecule has 4 unspecified atom stereocenters. The monoisotopic (exact) mass is 801 g/mol. The van der Waals surface area contributed by atoms with Crippen LogP contribution < -0.4 is 11.1 Å². The number of aliphatic hydroxyl groups excluding tert-OH is 2. The molecule has 0 saturated carbocycles. The summed E-state index contributed by atoms with van der Waals surface area (Å²) >= 11 is 0. The molecule has 0 spiro atoms. The van der Waals surface area contributed by atoms with Crippen LogP contribution in [0.15, 0.2) is 24.3 Å². The minimum absolute atomic E-state index is 0.0601. The summed E-state index contributed by atoms with van der Waals surface area (Å²) in [5.41, 5.74) is 5.37. The van der Waals surface area contributed by atoms with E-state index in [0.717, 1.165) is 51.4 Å². The summed E-state index contributed by atoms with van der Waals surface area (Å²) in [7, 11) is -4.37. The number of amides is 1. The Morgan fingerprint density at radius 1 is 0.636 bits per heavy atom. The van der Waals surface area contributed by atoms with E-state index in [0.29, 0.717) is 12.8 Å². The van der Waals surface area contributed by atoms with Gasteiger partial charge in [0.15, 0.2) is 0 Å². The van der Waals surface area contributed by atoms with Crippen LogP contribution >= 0.6 is 7.82 Å². The molecule has 0 radical (unpaired) electrons. The Morgan fingerprint density at radius 3 is 1.58 bits per heavy atom. The van der Waals surface area contributed by atoms with Gasteiger partial charge >= 0.3 is 7.82 Å². The number of phosphoric acid groups is 1. The fourth-order valence-electron chi connectivity index (χ4n) is 6.93. The Kier molecular flexibility index (Phi) is 40.3. The Hall–Kier alpha value is -1.06. The zero-order valence-corrected chi connectivity index (χ0v) is 36.7. The molecule has 0 bridgehead atoms. The summed E-state index contributed by atoms with van der Waals surface area (Å²) < 4.78 is 22.2. The Balaban J connectivity index is 4.18. The second-order valence-electron chi connectivity index (χ2n) is 15.8. The molecular weight excluding hydrogens is 711 g/mol. The first-order valence-corrected chi connectivity index (χ1v) is 24.5. The molecule has 0 aliphatic heterocycles. The van der Waals surface area contributed by atoms with Gasteiger partial charge in [-0.15, -0.1) is 0 Å². The van der Waals surface area contributed by atoms with Crippen molar-refractivity contribution in [3.05, 3.63) is 24.3 Å². The summed E-state index contributed by atoms with van der Waals surface area (Å²) in [6.07, 6.45) is 43.6. The van der Waals surface area contributed by atoms with E-state index < -0.39 is 32.0 Å². The molecule has 6 N–H and O–H groups in total. The van der Waals surface area contributed by atoms with Crippen LogP contribution in [0.25, 0.3) is 0 Å². The van der Waals surface area contributed by atoms with E-state index in [2.05, 4.69) is 43.5 Å². The number of allylic oxidation sites excluding steroid dienone is 4. The molecule has 0 aromatic carbocycles. The molecule has 0 fully saturated rings. The van der Waals surface area contributed by atoms with Gasteiger partial charge in [0.2, 0.25) is 5.91 Å². The van der Waals surface area contributed by atoms with Gasteiger partial charge in [-0.3, -0.25) is 13.8 Å². The third-order valence-corrected chi connectivity index (χ3v) is 11.4. The average molecular weight is 801 g/mol. The average Bonchev–Trinajstić information content (AvgIpc) is 3.16.